The number of carbonyl (C=O) groups excluding carboxylic acids is 1. The minimum absolute atomic E-state index is 0.115. The first-order chi connectivity index (χ1) is 7.70. The summed E-state index contributed by atoms with van der Waals surface area (Å²) in [6.07, 6.45) is 4.05. The SMILES string of the molecule is C=CCO[C@H]1OC[C@@H]2C[C@H](OC(C)=O)C=C21. The Kier molecular flexibility index (Phi) is 3.41. The lowest BCUT2D eigenvalue weighted by molar-refractivity contribution is -0.144. The molecule has 0 aromatic carbocycles. The minimum atomic E-state index is -0.288. The van der Waals surface area contributed by atoms with Crippen molar-refractivity contribution >= 4 is 5.97 Å². The number of fused-ring (bicyclic) bond motifs is 1. The minimum Gasteiger partial charge on any atom is -0.458 e. The van der Waals surface area contributed by atoms with Crippen LogP contribution in [0.5, 0.6) is 0 Å². The van der Waals surface area contributed by atoms with Gasteiger partial charge < -0.3 is 14.2 Å². The molecule has 1 aliphatic heterocycles. The molecule has 4 heteroatoms. The van der Waals surface area contributed by atoms with Gasteiger partial charge in [-0.2, -0.15) is 0 Å². The molecule has 0 aromatic heterocycles. The van der Waals surface area contributed by atoms with Gasteiger partial charge in [0.05, 0.1) is 13.2 Å². The molecule has 1 fully saturated rings. The summed E-state index contributed by atoms with van der Waals surface area (Å²) >= 11 is 0. The van der Waals surface area contributed by atoms with E-state index in [1.165, 1.54) is 6.92 Å². The van der Waals surface area contributed by atoms with Crippen molar-refractivity contribution in [2.75, 3.05) is 13.2 Å². The first-order valence-electron chi connectivity index (χ1n) is 5.43. The first kappa shape index (κ1) is 11.4. The summed E-state index contributed by atoms with van der Waals surface area (Å²) in [5.41, 5.74) is 1.10. The maximum absolute atomic E-state index is 10.8. The van der Waals surface area contributed by atoms with Crippen LogP contribution in [0.1, 0.15) is 13.3 Å². The highest BCUT2D eigenvalue weighted by atomic mass is 16.7. The second kappa shape index (κ2) is 4.80. The molecule has 88 valence electrons. The van der Waals surface area contributed by atoms with Crippen LogP contribution in [-0.2, 0) is 19.0 Å². The molecule has 0 unspecified atom stereocenters. The summed E-state index contributed by atoms with van der Waals surface area (Å²) in [7, 11) is 0. The molecule has 0 N–H and O–H groups in total. The molecule has 0 amide bonds. The van der Waals surface area contributed by atoms with Gasteiger partial charge in [0.1, 0.15) is 6.10 Å². The maximum Gasteiger partial charge on any atom is 0.303 e. The molecular formula is C12H16O4. The van der Waals surface area contributed by atoms with Gasteiger partial charge in [0.25, 0.3) is 0 Å². The van der Waals surface area contributed by atoms with Crippen molar-refractivity contribution in [1.82, 2.24) is 0 Å². The fourth-order valence-corrected chi connectivity index (χ4v) is 2.17. The van der Waals surface area contributed by atoms with Crippen LogP contribution in [0.2, 0.25) is 0 Å². The summed E-state index contributed by atoms with van der Waals surface area (Å²) in [5.74, 6) is 0.0884. The average Bonchev–Trinajstić information content (AvgIpc) is 2.74. The number of rotatable bonds is 4. The lowest BCUT2D eigenvalue weighted by Gasteiger charge is -2.11. The average molecular weight is 224 g/mol. The van der Waals surface area contributed by atoms with E-state index in [0.717, 1.165) is 12.0 Å². The topological polar surface area (TPSA) is 44.8 Å². The molecule has 0 saturated carbocycles. The number of esters is 1. The van der Waals surface area contributed by atoms with Crippen LogP contribution in [0.4, 0.5) is 0 Å². The molecule has 1 saturated heterocycles. The summed E-state index contributed by atoms with van der Waals surface area (Å²) in [6.45, 7) is 6.13. The van der Waals surface area contributed by atoms with E-state index in [4.69, 9.17) is 14.2 Å². The molecule has 16 heavy (non-hydrogen) atoms. The standard InChI is InChI=1S/C12H16O4/c1-3-4-14-12-11-6-10(16-8(2)13)5-9(11)7-15-12/h3,6,9-10,12H,1,4-5,7H2,2H3/t9-,10-,12-/m0/s1. The summed E-state index contributed by atoms with van der Waals surface area (Å²) in [4.78, 5) is 10.8. The molecule has 1 aliphatic carbocycles. The maximum atomic E-state index is 10.8. The number of carbonyl (C=O) groups is 1. The number of hydrogen-bond acceptors (Lipinski definition) is 4. The molecule has 3 atom stereocenters. The van der Waals surface area contributed by atoms with Crippen LogP contribution >= 0.6 is 0 Å². The molecule has 2 rings (SSSR count). The van der Waals surface area contributed by atoms with Gasteiger partial charge in [0.2, 0.25) is 0 Å². The van der Waals surface area contributed by atoms with Gasteiger partial charge in [-0.05, 0) is 18.1 Å². The monoisotopic (exact) mass is 224 g/mol. The Balaban J connectivity index is 1.96. The first-order valence-corrected chi connectivity index (χ1v) is 5.43. The van der Waals surface area contributed by atoms with Gasteiger partial charge >= 0.3 is 5.97 Å². The Labute approximate surface area is 94.9 Å². The molecular weight excluding hydrogens is 208 g/mol. The lowest BCUT2D eigenvalue weighted by Crippen LogP contribution is -2.15. The van der Waals surface area contributed by atoms with E-state index in [1.54, 1.807) is 6.08 Å². The van der Waals surface area contributed by atoms with E-state index in [-0.39, 0.29) is 18.4 Å². The zero-order valence-electron chi connectivity index (χ0n) is 9.35. The fraction of sp³-hybridized carbons (Fsp3) is 0.583. The highest BCUT2D eigenvalue weighted by Crippen LogP contribution is 2.37. The highest BCUT2D eigenvalue weighted by molar-refractivity contribution is 5.66. The molecule has 4 nitrogen and oxygen atoms in total. The quantitative estimate of drug-likeness (QED) is 0.535. The van der Waals surface area contributed by atoms with E-state index >= 15 is 0 Å². The number of ether oxygens (including phenoxy) is 3. The predicted octanol–water partition coefficient (Wildman–Crippen LogP) is 1.42. The zero-order chi connectivity index (χ0) is 11.5. The van der Waals surface area contributed by atoms with Crippen LogP contribution in [-0.4, -0.2) is 31.6 Å². The summed E-state index contributed by atoms with van der Waals surface area (Å²) < 4.78 is 16.1. The van der Waals surface area contributed by atoms with Crippen LogP contribution in [0.25, 0.3) is 0 Å². The van der Waals surface area contributed by atoms with E-state index in [2.05, 4.69) is 6.58 Å². The van der Waals surface area contributed by atoms with Crippen LogP contribution in [0, 0.1) is 5.92 Å². The third-order valence-corrected chi connectivity index (χ3v) is 2.77. The molecule has 2 aliphatic rings. The highest BCUT2D eigenvalue weighted by Gasteiger charge is 2.39. The van der Waals surface area contributed by atoms with E-state index in [0.29, 0.717) is 19.1 Å². The van der Waals surface area contributed by atoms with Crippen molar-refractivity contribution in [1.29, 1.82) is 0 Å². The van der Waals surface area contributed by atoms with E-state index < -0.39 is 0 Å². The Bertz CT molecular complexity index is 321. The second-order valence-electron chi connectivity index (χ2n) is 4.03. The van der Waals surface area contributed by atoms with Crippen LogP contribution in [0.3, 0.4) is 0 Å². The van der Waals surface area contributed by atoms with Crippen molar-refractivity contribution in [3.63, 3.8) is 0 Å². The molecule has 0 bridgehead atoms. The molecule has 0 radical (unpaired) electrons. The van der Waals surface area contributed by atoms with Gasteiger partial charge in [-0.3, -0.25) is 4.79 Å². The fourth-order valence-electron chi connectivity index (χ4n) is 2.17. The van der Waals surface area contributed by atoms with E-state index in [1.807, 2.05) is 6.08 Å². The van der Waals surface area contributed by atoms with E-state index in [9.17, 15) is 4.79 Å². The van der Waals surface area contributed by atoms with Crippen molar-refractivity contribution in [2.24, 2.45) is 5.92 Å². The van der Waals surface area contributed by atoms with Gasteiger partial charge in [-0.15, -0.1) is 6.58 Å². The molecule has 1 heterocycles. The Hall–Kier alpha value is -1.13. The van der Waals surface area contributed by atoms with Crippen molar-refractivity contribution in [3.05, 3.63) is 24.3 Å². The van der Waals surface area contributed by atoms with Crippen molar-refractivity contribution in [3.8, 4) is 0 Å². The van der Waals surface area contributed by atoms with Gasteiger partial charge in [-0.25, -0.2) is 0 Å². The molecule has 0 spiro atoms. The Morgan fingerprint density at radius 1 is 1.75 bits per heavy atom. The van der Waals surface area contributed by atoms with Crippen molar-refractivity contribution in [2.45, 2.75) is 25.7 Å². The third kappa shape index (κ3) is 2.33. The van der Waals surface area contributed by atoms with Gasteiger partial charge in [0, 0.05) is 12.8 Å². The lowest BCUT2D eigenvalue weighted by atomic mass is 10.1. The van der Waals surface area contributed by atoms with Crippen LogP contribution < -0.4 is 0 Å². The van der Waals surface area contributed by atoms with Gasteiger partial charge in [-0.1, -0.05) is 6.08 Å². The Morgan fingerprint density at radius 3 is 3.25 bits per heavy atom. The smallest absolute Gasteiger partial charge is 0.303 e. The second-order valence-corrected chi connectivity index (χ2v) is 4.03. The van der Waals surface area contributed by atoms with Gasteiger partial charge in [0.15, 0.2) is 6.29 Å². The normalized spacial score (nSPS) is 32.1. The molecule has 0 aromatic rings. The Morgan fingerprint density at radius 2 is 2.56 bits per heavy atom. The van der Waals surface area contributed by atoms with Crippen LogP contribution in [0.15, 0.2) is 24.3 Å². The summed E-state index contributed by atoms with van der Waals surface area (Å²) in [5, 5.41) is 0. The predicted molar refractivity (Wildman–Crippen MR) is 57.6 cm³/mol. The third-order valence-electron chi connectivity index (χ3n) is 2.77. The number of hydrogen-bond donors (Lipinski definition) is 0. The zero-order valence-corrected chi connectivity index (χ0v) is 9.35. The van der Waals surface area contributed by atoms with Crippen molar-refractivity contribution < 1.29 is 19.0 Å². The summed E-state index contributed by atoms with van der Waals surface area (Å²) in [6, 6.07) is 0. The largest absolute Gasteiger partial charge is 0.458 e.